The lowest BCUT2D eigenvalue weighted by molar-refractivity contribution is -0.117. The van der Waals surface area contributed by atoms with Crippen LogP contribution in [-0.4, -0.2) is 25.0 Å². The van der Waals surface area contributed by atoms with Crippen LogP contribution in [0.2, 0.25) is 0 Å². The normalized spacial score (nSPS) is 17.3. The highest BCUT2D eigenvalue weighted by atomic mass is 32.1. The third-order valence-electron chi connectivity index (χ3n) is 3.83. The molecule has 0 spiro atoms. The van der Waals surface area contributed by atoms with Crippen molar-refractivity contribution in [2.24, 2.45) is 5.92 Å². The molecule has 2 N–H and O–H groups in total. The van der Waals surface area contributed by atoms with Gasteiger partial charge in [-0.25, -0.2) is 4.79 Å². The molecule has 23 heavy (non-hydrogen) atoms. The van der Waals surface area contributed by atoms with E-state index in [9.17, 15) is 9.59 Å². The van der Waals surface area contributed by atoms with Gasteiger partial charge in [-0.2, -0.15) is 0 Å². The van der Waals surface area contributed by atoms with Gasteiger partial charge in [0.15, 0.2) is 0 Å². The topological polar surface area (TPSA) is 61.4 Å². The van der Waals surface area contributed by atoms with E-state index in [1.165, 1.54) is 0 Å². The van der Waals surface area contributed by atoms with Crippen molar-refractivity contribution < 1.29 is 9.59 Å². The standard InChI is InChI=1S/C17H19N3O2S/c21-16-9-13(12-20(16)14-5-2-1-3-6-14)10-18-17(22)19-11-15-7-4-8-23-15/h1-8,13H,9-12H2,(H2,18,19,22)/t13-/m0/s1. The number of amides is 3. The van der Waals surface area contributed by atoms with Gasteiger partial charge in [0.05, 0.1) is 6.54 Å². The van der Waals surface area contributed by atoms with Gasteiger partial charge in [-0.05, 0) is 23.6 Å². The number of hydrogen-bond acceptors (Lipinski definition) is 3. The number of hydrogen-bond donors (Lipinski definition) is 2. The summed E-state index contributed by atoms with van der Waals surface area (Å²) < 4.78 is 0. The van der Waals surface area contributed by atoms with Gasteiger partial charge in [0.1, 0.15) is 0 Å². The van der Waals surface area contributed by atoms with Crippen LogP contribution in [-0.2, 0) is 11.3 Å². The lowest BCUT2D eigenvalue weighted by Gasteiger charge is -2.17. The van der Waals surface area contributed by atoms with Gasteiger partial charge in [0.2, 0.25) is 5.91 Å². The highest BCUT2D eigenvalue weighted by molar-refractivity contribution is 7.09. The maximum atomic E-state index is 12.1. The molecule has 1 aromatic heterocycles. The molecular weight excluding hydrogens is 310 g/mol. The fourth-order valence-corrected chi connectivity index (χ4v) is 3.30. The molecule has 0 unspecified atom stereocenters. The molecule has 5 nitrogen and oxygen atoms in total. The molecule has 0 bridgehead atoms. The van der Waals surface area contributed by atoms with Crippen LogP contribution in [0.4, 0.5) is 10.5 Å². The summed E-state index contributed by atoms with van der Waals surface area (Å²) >= 11 is 1.61. The van der Waals surface area contributed by atoms with Crippen molar-refractivity contribution in [2.45, 2.75) is 13.0 Å². The number of nitrogens with zero attached hydrogens (tertiary/aromatic N) is 1. The summed E-state index contributed by atoms with van der Waals surface area (Å²) in [5.41, 5.74) is 0.919. The molecule has 120 valence electrons. The molecule has 1 atom stereocenters. The van der Waals surface area contributed by atoms with E-state index in [2.05, 4.69) is 10.6 Å². The summed E-state index contributed by atoms with van der Waals surface area (Å²) in [6, 6.07) is 13.4. The van der Waals surface area contributed by atoms with Crippen molar-refractivity contribution in [1.82, 2.24) is 10.6 Å². The molecule has 2 heterocycles. The van der Waals surface area contributed by atoms with Crippen LogP contribution in [0.15, 0.2) is 47.8 Å². The molecule has 1 aliphatic rings. The molecule has 0 radical (unpaired) electrons. The maximum absolute atomic E-state index is 12.1. The molecular formula is C17H19N3O2S. The minimum absolute atomic E-state index is 0.113. The first-order chi connectivity index (χ1) is 11.2. The Morgan fingerprint density at radius 1 is 1.17 bits per heavy atom. The molecule has 0 aliphatic carbocycles. The maximum Gasteiger partial charge on any atom is 0.315 e. The second kappa shape index (κ2) is 7.28. The minimum Gasteiger partial charge on any atom is -0.338 e. The first-order valence-corrected chi connectivity index (χ1v) is 8.50. The summed E-state index contributed by atoms with van der Waals surface area (Å²) in [5, 5.41) is 7.66. The van der Waals surface area contributed by atoms with E-state index >= 15 is 0 Å². The van der Waals surface area contributed by atoms with Gasteiger partial charge in [-0.3, -0.25) is 4.79 Å². The average Bonchev–Trinajstić information content (AvgIpc) is 3.21. The number of nitrogens with one attached hydrogen (secondary N) is 2. The van der Waals surface area contributed by atoms with Crippen LogP contribution in [0.25, 0.3) is 0 Å². The van der Waals surface area contributed by atoms with E-state index in [0.29, 0.717) is 26.1 Å². The summed E-state index contributed by atoms with van der Waals surface area (Å²) in [6.45, 7) is 1.68. The van der Waals surface area contributed by atoms with E-state index in [-0.39, 0.29) is 17.9 Å². The molecule has 3 amide bonds. The van der Waals surface area contributed by atoms with Gasteiger partial charge in [-0.15, -0.1) is 11.3 Å². The third-order valence-corrected chi connectivity index (χ3v) is 4.70. The van der Waals surface area contributed by atoms with Gasteiger partial charge in [0.25, 0.3) is 0 Å². The van der Waals surface area contributed by atoms with E-state index in [1.807, 2.05) is 47.8 Å². The summed E-state index contributed by atoms with van der Waals surface area (Å²) in [4.78, 5) is 26.8. The predicted molar refractivity (Wildman–Crippen MR) is 91.5 cm³/mol. The lowest BCUT2D eigenvalue weighted by atomic mass is 10.1. The zero-order valence-electron chi connectivity index (χ0n) is 12.7. The Bertz CT molecular complexity index is 658. The van der Waals surface area contributed by atoms with E-state index < -0.39 is 0 Å². The Balaban J connectivity index is 1.44. The van der Waals surface area contributed by atoms with Gasteiger partial charge >= 0.3 is 6.03 Å². The van der Waals surface area contributed by atoms with Crippen LogP contribution in [0.5, 0.6) is 0 Å². The monoisotopic (exact) mass is 329 g/mol. The van der Waals surface area contributed by atoms with Gasteiger partial charge in [0, 0.05) is 36.0 Å². The molecule has 6 heteroatoms. The van der Waals surface area contributed by atoms with Crippen molar-refractivity contribution in [3.63, 3.8) is 0 Å². The summed E-state index contributed by atoms with van der Waals surface area (Å²) in [5.74, 6) is 0.261. The summed E-state index contributed by atoms with van der Waals surface area (Å²) in [6.07, 6.45) is 0.472. The zero-order chi connectivity index (χ0) is 16.1. The molecule has 1 aliphatic heterocycles. The van der Waals surface area contributed by atoms with E-state index in [4.69, 9.17) is 0 Å². The fraction of sp³-hybridized carbons (Fsp3) is 0.294. The Labute approximate surface area is 139 Å². The van der Waals surface area contributed by atoms with Crippen molar-refractivity contribution in [2.75, 3.05) is 18.0 Å². The number of carbonyl (C=O) groups excluding carboxylic acids is 2. The van der Waals surface area contributed by atoms with Crippen LogP contribution in [0.3, 0.4) is 0 Å². The predicted octanol–water partition coefficient (Wildman–Crippen LogP) is 2.60. The Kier molecular flexibility index (Phi) is 4.92. The molecule has 1 aromatic carbocycles. The van der Waals surface area contributed by atoms with Crippen molar-refractivity contribution in [3.05, 3.63) is 52.7 Å². The number of rotatable bonds is 5. The number of benzene rings is 1. The molecule has 2 aromatic rings. The number of carbonyl (C=O) groups is 2. The number of thiophene rings is 1. The SMILES string of the molecule is O=C(NCc1cccs1)NC[C@@H]1CC(=O)N(c2ccccc2)C1. The average molecular weight is 329 g/mol. The Hall–Kier alpha value is -2.34. The lowest BCUT2D eigenvalue weighted by Crippen LogP contribution is -2.38. The van der Waals surface area contributed by atoms with E-state index in [0.717, 1.165) is 10.6 Å². The van der Waals surface area contributed by atoms with Crippen molar-refractivity contribution in [1.29, 1.82) is 0 Å². The first kappa shape index (κ1) is 15.6. The fourth-order valence-electron chi connectivity index (χ4n) is 2.66. The van der Waals surface area contributed by atoms with E-state index in [1.54, 1.807) is 16.2 Å². The largest absolute Gasteiger partial charge is 0.338 e. The second-order valence-corrected chi connectivity index (χ2v) is 6.59. The van der Waals surface area contributed by atoms with Gasteiger partial charge < -0.3 is 15.5 Å². The highest BCUT2D eigenvalue weighted by Gasteiger charge is 2.30. The van der Waals surface area contributed by atoms with Crippen molar-refractivity contribution >= 4 is 29.0 Å². The van der Waals surface area contributed by atoms with Crippen LogP contribution < -0.4 is 15.5 Å². The second-order valence-electron chi connectivity index (χ2n) is 5.55. The Morgan fingerprint density at radius 3 is 2.74 bits per heavy atom. The first-order valence-electron chi connectivity index (χ1n) is 7.62. The quantitative estimate of drug-likeness (QED) is 0.886. The molecule has 1 fully saturated rings. The van der Waals surface area contributed by atoms with Crippen LogP contribution >= 0.6 is 11.3 Å². The summed E-state index contributed by atoms with van der Waals surface area (Å²) in [7, 11) is 0. The number of anilines is 1. The Morgan fingerprint density at radius 2 is 2.00 bits per heavy atom. The minimum atomic E-state index is -0.191. The molecule has 1 saturated heterocycles. The number of para-hydroxylation sites is 1. The van der Waals surface area contributed by atoms with Crippen molar-refractivity contribution in [3.8, 4) is 0 Å². The zero-order valence-corrected chi connectivity index (χ0v) is 13.5. The van der Waals surface area contributed by atoms with Gasteiger partial charge in [-0.1, -0.05) is 24.3 Å². The smallest absolute Gasteiger partial charge is 0.315 e. The third kappa shape index (κ3) is 4.10. The van der Waals surface area contributed by atoms with Crippen LogP contribution in [0.1, 0.15) is 11.3 Å². The molecule has 0 saturated carbocycles. The molecule has 3 rings (SSSR count). The number of urea groups is 1. The highest BCUT2D eigenvalue weighted by Crippen LogP contribution is 2.24. The van der Waals surface area contributed by atoms with Crippen LogP contribution in [0, 0.1) is 5.92 Å².